The number of rotatable bonds is 6. The molecule has 0 saturated carbocycles. The molecule has 0 bridgehead atoms. The number of hydrogen-bond acceptors (Lipinski definition) is 2. The van der Waals surface area contributed by atoms with Gasteiger partial charge in [0.1, 0.15) is 0 Å². The van der Waals surface area contributed by atoms with Crippen molar-refractivity contribution in [3.8, 4) is 0 Å². The number of morpholine rings is 1. The molecular weight excluding hydrogens is 246 g/mol. The summed E-state index contributed by atoms with van der Waals surface area (Å²) >= 11 is 5.84. The molecule has 1 aliphatic rings. The van der Waals surface area contributed by atoms with Gasteiger partial charge in [0.2, 0.25) is 0 Å². The Kier molecular flexibility index (Phi) is 5.98. The Labute approximate surface area is 115 Å². The van der Waals surface area contributed by atoms with Crippen LogP contribution in [-0.4, -0.2) is 43.1 Å². The van der Waals surface area contributed by atoms with Gasteiger partial charge in [-0.15, -0.1) is 11.6 Å². The minimum absolute atomic E-state index is 0.231. The summed E-state index contributed by atoms with van der Waals surface area (Å²) in [5.74, 6) is 0.612. The molecular formula is C15H22ClNO. The van der Waals surface area contributed by atoms with E-state index < -0.39 is 0 Å². The Morgan fingerprint density at radius 3 is 2.83 bits per heavy atom. The minimum Gasteiger partial charge on any atom is -0.374 e. The lowest BCUT2D eigenvalue weighted by molar-refractivity contribution is -0.0167. The van der Waals surface area contributed by atoms with Gasteiger partial charge in [-0.25, -0.2) is 0 Å². The van der Waals surface area contributed by atoms with Crippen molar-refractivity contribution in [2.24, 2.45) is 0 Å². The summed E-state index contributed by atoms with van der Waals surface area (Å²) in [5, 5.41) is 0. The fourth-order valence-corrected chi connectivity index (χ4v) is 2.57. The first-order valence-corrected chi connectivity index (χ1v) is 7.36. The van der Waals surface area contributed by atoms with Gasteiger partial charge in [-0.05, 0) is 31.4 Å². The molecule has 1 fully saturated rings. The van der Waals surface area contributed by atoms with Gasteiger partial charge >= 0.3 is 0 Å². The van der Waals surface area contributed by atoms with Crippen molar-refractivity contribution in [2.45, 2.75) is 25.4 Å². The van der Waals surface area contributed by atoms with Gasteiger partial charge < -0.3 is 4.74 Å². The van der Waals surface area contributed by atoms with Gasteiger partial charge in [-0.2, -0.15) is 0 Å². The molecule has 1 aromatic rings. The first-order chi connectivity index (χ1) is 8.88. The first kappa shape index (κ1) is 13.9. The van der Waals surface area contributed by atoms with E-state index in [0.29, 0.717) is 5.88 Å². The van der Waals surface area contributed by atoms with Crippen molar-refractivity contribution in [1.29, 1.82) is 0 Å². The van der Waals surface area contributed by atoms with Crippen LogP contribution in [0.2, 0.25) is 0 Å². The molecule has 0 aromatic heterocycles. The number of aryl methyl sites for hydroxylation is 1. The van der Waals surface area contributed by atoms with E-state index in [1.54, 1.807) is 0 Å². The highest BCUT2D eigenvalue weighted by Gasteiger charge is 2.18. The van der Waals surface area contributed by atoms with E-state index >= 15 is 0 Å². The molecule has 0 aliphatic carbocycles. The maximum absolute atomic E-state index is 5.84. The lowest BCUT2D eigenvalue weighted by Gasteiger charge is -2.31. The molecule has 0 N–H and O–H groups in total. The van der Waals surface area contributed by atoms with Crippen molar-refractivity contribution in [1.82, 2.24) is 4.90 Å². The zero-order valence-corrected chi connectivity index (χ0v) is 11.6. The number of benzene rings is 1. The molecule has 1 aromatic carbocycles. The van der Waals surface area contributed by atoms with Crippen molar-refractivity contribution >= 4 is 11.6 Å². The fraction of sp³-hybridized carbons (Fsp3) is 0.600. The van der Waals surface area contributed by atoms with Crippen LogP contribution in [0.15, 0.2) is 30.3 Å². The Hall–Kier alpha value is -0.570. The zero-order chi connectivity index (χ0) is 12.6. The fourth-order valence-electron chi connectivity index (χ4n) is 2.39. The van der Waals surface area contributed by atoms with E-state index in [0.717, 1.165) is 19.7 Å². The molecule has 2 rings (SSSR count). The summed E-state index contributed by atoms with van der Waals surface area (Å²) in [4.78, 5) is 2.47. The van der Waals surface area contributed by atoms with Crippen LogP contribution in [-0.2, 0) is 11.2 Å². The highest BCUT2D eigenvalue weighted by atomic mass is 35.5. The standard InChI is InChI=1S/C15H22ClNO/c16-12-15-13-17(10-11-18-15)9-5-4-8-14-6-2-1-3-7-14/h1-3,6-7,15H,4-5,8-13H2. The lowest BCUT2D eigenvalue weighted by Crippen LogP contribution is -2.43. The van der Waals surface area contributed by atoms with E-state index in [-0.39, 0.29) is 6.10 Å². The van der Waals surface area contributed by atoms with Crippen LogP contribution in [0.5, 0.6) is 0 Å². The van der Waals surface area contributed by atoms with Crippen molar-refractivity contribution in [2.75, 3.05) is 32.1 Å². The number of ether oxygens (including phenoxy) is 1. The Bertz CT molecular complexity index is 331. The van der Waals surface area contributed by atoms with E-state index in [2.05, 4.69) is 35.2 Å². The van der Waals surface area contributed by atoms with E-state index in [1.165, 1.54) is 31.4 Å². The number of unbranched alkanes of at least 4 members (excludes halogenated alkanes) is 1. The number of hydrogen-bond donors (Lipinski definition) is 0. The van der Waals surface area contributed by atoms with Crippen LogP contribution in [0.3, 0.4) is 0 Å². The van der Waals surface area contributed by atoms with Crippen LogP contribution in [0, 0.1) is 0 Å². The molecule has 0 radical (unpaired) electrons. The summed E-state index contributed by atoms with van der Waals surface area (Å²) in [6.07, 6.45) is 3.93. The second kappa shape index (κ2) is 7.78. The summed E-state index contributed by atoms with van der Waals surface area (Å²) in [6.45, 7) is 4.05. The SMILES string of the molecule is ClCC1CN(CCCCc2ccccc2)CCO1. The third-order valence-electron chi connectivity index (χ3n) is 3.43. The van der Waals surface area contributed by atoms with Crippen LogP contribution in [0.1, 0.15) is 18.4 Å². The molecule has 3 heteroatoms. The van der Waals surface area contributed by atoms with Gasteiger partial charge in [0.15, 0.2) is 0 Å². The van der Waals surface area contributed by atoms with Gasteiger partial charge in [0.25, 0.3) is 0 Å². The monoisotopic (exact) mass is 267 g/mol. The molecule has 2 nitrogen and oxygen atoms in total. The first-order valence-electron chi connectivity index (χ1n) is 6.82. The Morgan fingerprint density at radius 2 is 2.06 bits per heavy atom. The number of nitrogens with zero attached hydrogens (tertiary/aromatic N) is 1. The molecule has 1 aliphatic heterocycles. The molecule has 1 atom stereocenters. The van der Waals surface area contributed by atoms with Gasteiger partial charge in [0.05, 0.1) is 12.7 Å². The third kappa shape index (κ3) is 4.60. The molecule has 0 spiro atoms. The molecule has 1 saturated heterocycles. The number of alkyl halides is 1. The van der Waals surface area contributed by atoms with Gasteiger partial charge in [0, 0.05) is 19.0 Å². The normalized spacial score (nSPS) is 21.1. The predicted octanol–water partition coefficient (Wildman–Crippen LogP) is 2.95. The van der Waals surface area contributed by atoms with Gasteiger partial charge in [-0.1, -0.05) is 30.3 Å². The topological polar surface area (TPSA) is 12.5 Å². The Balaban J connectivity index is 1.60. The smallest absolute Gasteiger partial charge is 0.0837 e. The average molecular weight is 268 g/mol. The zero-order valence-electron chi connectivity index (χ0n) is 10.9. The van der Waals surface area contributed by atoms with Crippen molar-refractivity contribution in [3.63, 3.8) is 0 Å². The van der Waals surface area contributed by atoms with E-state index in [4.69, 9.17) is 16.3 Å². The summed E-state index contributed by atoms with van der Waals surface area (Å²) in [7, 11) is 0. The molecule has 0 amide bonds. The second-order valence-electron chi connectivity index (χ2n) is 4.89. The quantitative estimate of drug-likeness (QED) is 0.580. The van der Waals surface area contributed by atoms with Crippen LogP contribution in [0.4, 0.5) is 0 Å². The van der Waals surface area contributed by atoms with E-state index in [9.17, 15) is 0 Å². The molecule has 1 heterocycles. The summed E-state index contributed by atoms with van der Waals surface area (Å²) in [5.41, 5.74) is 1.44. The predicted molar refractivity (Wildman–Crippen MR) is 76.3 cm³/mol. The largest absolute Gasteiger partial charge is 0.374 e. The maximum Gasteiger partial charge on any atom is 0.0837 e. The van der Waals surface area contributed by atoms with Crippen molar-refractivity contribution < 1.29 is 4.74 Å². The lowest BCUT2D eigenvalue weighted by atomic mass is 10.1. The van der Waals surface area contributed by atoms with Crippen LogP contribution in [0.25, 0.3) is 0 Å². The van der Waals surface area contributed by atoms with Gasteiger partial charge in [-0.3, -0.25) is 4.90 Å². The maximum atomic E-state index is 5.84. The minimum atomic E-state index is 0.231. The van der Waals surface area contributed by atoms with Crippen LogP contribution >= 0.6 is 11.6 Å². The number of halogens is 1. The summed E-state index contributed by atoms with van der Waals surface area (Å²) in [6, 6.07) is 10.7. The Morgan fingerprint density at radius 1 is 1.22 bits per heavy atom. The summed E-state index contributed by atoms with van der Waals surface area (Å²) < 4.78 is 5.56. The van der Waals surface area contributed by atoms with E-state index in [1.807, 2.05) is 0 Å². The third-order valence-corrected chi connectivity index (χ3v) is 3.77. The van der Waals surface area contributed by atoms with Crippen molar-refractivity contribution in [3.05, 3.63) is 35.9 Å². The molecule has 18 heavy (non-hydrogen) atoms. The molecule has 100 valence electrons. The average Bonchev–Trinajstić information content (AvgIpc) is 2.45. The second-order valence-corrected chi connectivity index (χ2v) is 5.20. The van der Waals surface area contributed by atoms with Crippen LogP contribution < -0.4 is 0 Å². The highest BCUT2D eigenvalue weighted by Crippen LogP contribution is 2.09. The highest BCUT2D eigenvalue weighted by molar-refractivity contribution is 6.18. The molecule has 1 unspecified atom stereocenters.